The van der Waals surface area contributed by atoms with Crippen LogP contribution in [0.2, 0.25) is 5.02 Å². The third-order valence-electron chi connectivity index (χ3n) is 2.93. The molecule has 1 aliphatic heterocycles. The zero-order valence-electron chi connectivity index (χ0n) is 11.6. The SMILES string of the molecule is C=CN(/C=C\C)/C(C#N)=C1\SCC(c2ccccc2Cl)S1. The third kappa shape index (κ3) is 3.68. The van der Waals surface area contributed by atoms with Crippen LogP contribution in [0, 0.1) is 11.3 Å². The van der Waals surface area contributed by atoms with Gasteiger partial charge in [-0.15, -0.1) is 23.5 Å². The van der Waals surface area contributed by atoms with Crippen LogP contribution in [0.4, 0.5) is 0 Å². The Morgan fingerprint density at radius 2 is 2.29 bits per heavy atom. The summed E-state index contributed by atoms with van der Waals surface area (Å²) in [5.41, 5.74) is 1.74. The zero-order valence-corrected chi connectivity index (χ0v) is 14.0. The lowest BCUT2D eigenvalue weighted by atomic mass is 10.2. The molecule has 1 heterocycles. The number of nitriles is 1. The number of benzene rings is 1. The average Bonchev–Trinajstić information content (AvgIpc) is 2.97. The number of halogens is 1. The topological polar surface area (TPSA) is 27.0 Å². The summed E-state index contributed by atoms with van der Waals surface area (Å²) < 4.78 is 1.01. The number of hydrogen-bond donors (Lipinski definition) is 0. The molecule has 1 saturated heterocycles. The molecular weight excluding hydrogens is 320 g/mol. The van der Waals surface area contributed by atoms with Crippen LogP contribution in [0.5, 0.6) is 0 Å². The lowest BCUT2D eigenvalue weighted by molar-refractivity contribution is 0.657. The summed E-state index contributed by atoms with van der Waals surface area (Å²) in [5.74, 6) is 0.912. The number of thioether (sulfide) groups is 2. The molecule has 108 valence electrons. The van der Waals surface area contributed by atoms with Gasteiger partial charge in [0.05, 0.1) is 4.24 Å². The Morgan fingerprint density at radius 1 is 1.52 bits per heavy atom. The summed E-state index contributed by atoms with van der Waals surface area (Å²) in [5, 5.41) is 10.5. The molecule has 2 nitrogen and oxygen atoms in total. The van der Waals surface area contributed by atoms with E-state index < -0.39 is 0 Å². The van der Waals surface area contributed by atoms with Crippen LogP contribution in [0.25, 0.3) is 0 Å². The predicted octanol–water partition coefficient (Wildman–Crippen LogP) is 5.53. The minimum atomic E-state index is 0.277. The maximum Gasteiger partial charge on any atom is 0.144 e. The first-order valence-corrected chi connectivity index (χ1v) is 8.67. The Hall–Kier alpha value is -1.28. The van der Waals surface area contributed by atoms with Gasteiger partial charge < -0.3 is 4.90 Å². The second-order valence-electron chi connectivity index (χ2n) is 4.26. The molecule has 0 radical (unpaired) electrons. The molecular formula is C16H15ClN2S2. The van der Waals surface area contributed by atoms with Crippen LogP contribution >= 0.6 is 35.1 Å². The van der Waals surface area contributed by atoms with Crippen molar-refractivity contribution in [1.29, 1.82) is 5.26 Å². The molecule has 21 heavy (non-hydrogen) atoms. The Bertz CT molecular complexity index is 631. The number of allylic oxidation sites excluding steroid dienone is 2. The van der Waals surface area contributed by atoms with E-state index in [0.29, 0.717) is 5.70 Å². The van der Waals surface area contributed by atoms with Crippen molar-refractivity contribution in [3.05, 3.63) is 69.8 Å². The molecule has 1 aromatic carbocycles. The van der Waals surface area contributed by atoms with Gasteiger partial charge in [-0.3, -0.25) is 0 Å². The van der Waals surface area contributed by atoms with Gasteiger partial charge in [-0.05, 0) is 18.6 Å². The smallest absolute Gasteiger partial charge is 0.144 e. The standard InChI is InChI=1S/C16H15ClN2S2/c1-3-9-19(4-2)14(10-18)16-20-11-15(21-16)12-7-5-6-8-13(12)17/h3-9,15H,2,11H2,1H3/b9-3-,16-14+. The molecule has 0 aliphatic carbocycles. The lowest BCUT2D eigenvalue weighted by Gasteiger charge is -2.15. The van der Waals surface area contributed by atoms with Gasteiger partial charge in [-0.2, -0.15) is 5.26 Å². The summed E-state index contributed by atoms with van der Waals surface area (Å²) in [6.45, 7) is 5.68. The second kappa shape index (κ2) is 7.65. The zero-order chi connectivity index (χ0) is 15.2. The van der Waals surface area contributed by atoms with Gasteiger partial charge in [0.25, 0.3) is 0 Å². The highest BCUT2D eigenvalue weighted by molar-refractivity contribution is 8.25. The van der Waals surface area contributed by atoms with E-state index in [4.69, 9.17) is 11.6 Å². The molecule has 1 aromatic rings. The van der Waals surface area contributed by atoms with Crippen LogP contribution in [0.3, 0.4) is 0 Å². The first-order chi connectivity index (χ1) is 10.2. The molecule has 0 bridgehead atoms. The van der Waals surface area contributed by atoms with E-state index in [9.17, 15) is 5.26 Å². The summed E-state index contributed by atoms with van der Waals surface area (Å²) in [6.07, 6.45) is 5.37. The van der Waals surface area contributed by atoms with Gasteiger partial charge in [0, 0.05) is 28.4 Å². The molecule has 2 rings (SSSR count). The van der Waals surface area contributed by atoms with Crippen molar-refractivity contribution in [2.45, 2.75) is 12.2 Å². The number of hydrogen-bond acceptors (Lipinski definition) is 4. The summed E-state index contributed by atoms with van der Waals surface area (Å²) in [7, 11) is 0. The number of nitrogens with zero attached hydrogens (tertiary/aromatic N) is 2. The molecule has 5 heteroatoms. The van der Waals surface area contributed by atoms with Crippen molar-refractivity contribution >= 4 is 35.1 Å². The highest BCUT2D eigenvalue weighted by Gasteiger charge is 2.27. The number of rotatable bonds is 4. The van der Waals surface area contributed by atoms with E-state index >= 15 is 0 Å². The summed E-state index contributed by atoms with van der Waals surface area (Å²) >= 11 is 9.65. The van der Waals surface area contributed by atoms with Crippen molar-refractivity contribution in [1.82, 2.24) is 4.90 Å². The normalized spacial score (nSPS) is 20.3. The average molecular weight is 335 g/mol. The van der Waals surface area contributed by atoms with Gasteiger partial charge in [0.15, 0.2) is 0 Å². The fourth-order valence-electron chi connectivity index (χ4n) is 1.96. The molecule has 0 saturated carbocycles. The van der Waals surface area contributed by atoms with Crippen LogP contribution in [-0.2, 0) is 0 Å². The molecule has 1 unspecified atom stereocenters. The molecule has 0 spiro atoms. The van der Waals surface area contributed by atoms with E-state index in [2.05, 4.69) is 12.6 Å². The lowest BCUT2D eigenvalue weighted by Crippen LogP contribution is -2.07. The molecule has 1 aliphatic rings. The van der Waals surface area contributed by atoms with Crippen LogP contribution in [-0.4, -0.2) is 10.7 Å². The summed E-state index contributed by atoms with van der Waals surface area (Å²) in [6, 6.07) is 10.2. The Labute approximate surface area is 139 Å². The van der Waals surface area contributed by atoms with Gasteiger partial charge in [-0.25, -0.2) is 0 Å². The third-order valence-corrected chi connectivity index (χ3v) is 6.20. The van der Waals surface area contributed by atoms with Crippen LogP contribution < -0.4 is 0 Å². The van der Waals surface area contributed by atoms with Gasteiger partial charge in [-0.1, -0.05) is 42.5 Å². The van der Waals surface area contributed by atoms with E-state index in [-0.39, 0.29) is 5.25 Å². The van der Waals surface area contributed by atoms with E-state index in [1.165, 1.54) is 0 Å². The second-order valence-corrected chi connectivity index (χ2v) is 7.17. The maximum absolute atomic E-state index is 9.44. The van der Waals surface area contributed by atoms with E-state index in [1.807, 2.05) is 43.5 Å². The molecule has 0 amide bonds. The highest BCUT2D eigenvalue weighted by atomic mass is 35.5. The van der Waals surface area contributed by atoms with Crippen molar-refractivity contribution in [2.24, 2.45) is 0 Å². The minimum Gasteiger partial charge on any atom is -0.315 e. The van der Waals surface area contributed by atoms with Crippen LogP contribution in [0.15, 0.2) is 59.3 Å². The Kier molecular flexibility index (Phi) is 5.86. The van der Waals surface area contributed by atoms with Crippen molar-refractivity contribution < 1.29 is 0 Å². The highest BCUT2D eigenvalue weighted by Crippen LogP contribution is 2.52. The largest absolute Gasteiger partial charge is 0.315 e. The van der Waals surface area contributed by atoms with Crippen molar-refractivity contribution in [3.8, 4) is 6.07 Å². The Morgan fingerprint density at radius 3 is 2.90 bits per heavy atom. The van der Waals surface area contributed by atoms with Crippen LogP contribution in [0.1, 0.15) is 17.7 Å². The molecule has 1 fully saturated rings. The van der Waals surface area contributed by atoms with Crippen molar-refractivity contribution in [2.75, 3.05) is 5.75 Å². The monoisotopic (exact) mass is 334 g/mol. The molecule has 1 atom stereocenters. The summed E-state index contributed by atoms with van der Waals surface area (Å²) in [4.78, 5) is 1.75. The predicted molar refractivity (Wildman–Crippen MR) is 93.7 cm³/mol. The van der Waals surface area contributed by atoms with Gasteiger partial charge in [0.1, 0.15) is 11.8 Å². The van der Waals surface area contributed by atoms with Gasteiger partial charge >= 0.3 is 0 Å². The van der Waals surface area contributed by atoms with Crippen molar-refractivity contribution in [3.63, 3.8) is 0 Å². The van der Waals surface area contributed by atoms with E-state index in [1.54, 1.807) is 34.6 Å². The quantitative estimate of drug-likeness (QED) is 0.676. The molecule has 0 N–H and O–H groups in total. The Balaban J connectivity index is 2.28. The first kappa shape index (κ1) is 16.1. The first-order valence-electron chi connectivity index (χ1n) is 6.43. The maximum atomic E-state index is 9.44. The fourth-order valence-corrected chi connectivity index (χ4v) is 5.22. The minimum absolute atomic E-state index is 0.277. The van der Waals surface area contributed by atoms with Gasteiger partial charge in [0.2, 0.25) is 0 Å². The fraction of sp³-hybridized carbons (Fsp3) is 0.188. The molecule has 0 aromatic heterocycles. The van der Waals surface area contributed by atoms with E-state index in [0.717, 1.165) is 20.6 Å².